The lowest BCUT2D eigenvalue weighted by Gasteiger charge is -2.23. The van der Waals surface area contributed by atoms with E-state index in [4.69, 9.17) is 4.74 Å². The average Bonchev–Trinajstić information content (AvgIpc) is 2.79. The summed E-state index contributed by atoms with van der Waals surface area (Å²) in [5, 5.41) is 19.2. The van der Waals surface area contributed by atoms with E-state index in [1.165, 1.54) is 0 Å². The van der Waals surface area contributed by atoms with Crippen LogP contribution < -0.4 is 4.74 Å². The number of aliphatic hydroxyl groups is 1. The molecule has 1 aromatic rings. The Balaban J connectivity index is 2.13. The number of aromatic hydroxyl groups is 1. The van der Waals surface area contributed by atoms with Crippen LogP contribution in [0.2, 0.25) is 0 Å². The van der Waals surface area contributed by atoms with Crippen LogP contribution in [0.1, 0.15) is 18.4 Å². The number of methoxy groups -OCH3 is 1. The molecule has 1 saturated heterocycles. The van der Waals surface area contributed by atoms with Crippen LogP contribution in [0.5, 0.6) is 11.5 Å². The fourth-order valence-corrected chi connectivity index (χ4v) is 2.39. The minimum atomic E-state index is 0.185. The van der Waals surface area contributed by atoms with Gasteiger partial charge in [-0.05, 0) is 25.5 Å². The highest BCUT2D eigenvalue weighted by atomic mass is 16.5. The zero-order chi connectivity index (χ0) is 12.3. The number of hydrogen-bond donors (Lipinski definition) is 2. The molecular formula is C13H19NO3. The highest BCUT2D eigenvalue weighted by Crippen LogP contribution is 2.31. The maximum Gasteiger partial charge on any atom is 0.162 e. The van der Waals surface area contributed by atoms with Crippen LogP contribution >= 0.6 is 0 Å². The van der Waals surface area contributed by atoms with Crippen molar-refractivity contribution in [3.05, 3.63) is 23.8 Å². The molecule has 1 aromatic carbocycles. The van der Waals surface area contributed by atoms with Gasteiger partial charge in [0.2, 0.25) is 0 Å². The van der Waals surface area contributed by atoms with E-state index in [2.05, 4.69) is 4.90 Å². The first-order valence-electron chi connectivity index (χ1n) is 5.96. The summed E-state index contributed by atoms with van der Waals surface area (Å²) in [4.78, 5) is 2.20. The Morgan fingerprint density at radius 1 is 1.47 bits per heavy atom. The molecule has 94 valence electrons. The van der Waals surface area contributed by atoms with Crippen LogP contribution in [0, 0.1) is 0 Å². The van der Waals surface area contributed by atoms with Gasteiger partial charge in [-0.25, -0.2) is 0 Å². The summed E-state index contributed by atoms with van der Waals surface area (Å²) in [7, 11) is 1.55. The van der Waals surface area contributed by atoms with Crippen molar-refractivity contribution >= 4 is 0 Å². The largest absolute Gasteiger partial charge is 0.504 e. The Morgan fingerprint density at radius 3 is 3.00 bits per heavy atom. The summed E-state index contributed by atoms with van der Waals surface area (Å²) >= 11 is 0. The lowest BCUT2D eigenvalue weighted by atomic mass is 10.1. The molecule has 2 N–H and O–H groups in total. The molecule has 0 bridgehead atoms. The third-order valence-electron chi connectivity index (χ3n) is 3.39. The van der Waals surface area contributed by atoms with Crippen molar-refractivity contribution in [2.24, 2.45) is 0 Å². The summed E-state index contributed by atoms with van der Waals surface area (Å²) in [6.45, 7) is 1.82. The van der Waals surface area contributed by atoms with E-state index in [0.29, 0.717) is 12.3 Å². The van der Waals surface area contributed by atoms with Gasteiger partial charge in [0, 0.05) is 18.2 Å². The fraction of sp³-hybridized carbons (Fsp3) is 0.538. The maximum absolute atomic E-state index is 9.99. The molecule has 0 radical (unpaired) electrons. The number of benzene rings is 1. The number of phenols is 1. The number of rotatable bonds is 4. The Bertz CT molecular complexity index is 381. The third-order valence-corrected chi connectivity index (χ3v) is 3.39. The van der Waals surface area contributed by atoms with E-state index in [9.17, 15) is 10.2 Å². The molecule has 4 heteroatoms. The van der Waals surface area contributed by atoms with Crippen LogP contribution in [0.4, 0.5) is 0 Å². The van der Waals surface area contributed by atoms with Crippen LogP contribution in [0.15, 0.2) is 18.2 Å². The van der Waals surface area contributed by atoms with Gasteiger partial charge < -0.3 is 14.9 Å². The average molecular weight is 237 g/mol. The monoisotopic (exact) mass is 237 g/mol. The molecule has 4 nitrogen and oxygen atoms in total. The molecule has 1 aliphatic heterocycles. The van der Waals surface area contributed by atoms with Gasteiger partial charge >= 0.3 is 0 Å². The second-order valence-electron chi connectivity index (χ2n) is 4.42. The predicted octanol–water partition coefficient (Wildman–Crippen LogP) is 1.36. The molecular weight excluding hydrogens is 218 g/mol. The van der Waals surface area contributed by atoms with Crippen LogP contribution in [0.25, 0.3) is 0 Å². The summed E-state index contributed by atoms with van der Waals surface area (Å²) < 4.78 is 5.09. The summed E-state index contributed by atoms with van der Waals surface area (Å²) in [5.74, 6) is 0.709. The zero-order valence-electron chi connectivity index (χ0n) is 10.1. The van der Waals surface area contributed by atoms with Gasteiger partial charge in [-0.2, -0.15) is 0 Å². The molecule has 0 spiro atoms. The van der Waals surface area contributed by atoms with Crippen molar-refractivity contribution in [3.8, 4) is 11.5 Å². The molecule has 0 saturated carbocycles. The molecule has 1 atom stereocenters. The van der Waals surface area contributed by atoms with E-state index in [1.807, 2.05) is 12.1 Å². The number of likely N-dealkylation sites (tertiary alicyclic amines) is 1. The zero-order valence-corrected chi connectivity index (χ0v) is 10.1. The highest BCUT2D eigenvalue weighted by Gasteiger charge is 2.24. The number of nitrogens with zero attached hydrogens (tertiary/aromatic N) is 1. The Labute approximate surface area is 101 Å². The lowest BCUT2D eigenvalue weighted by Crippen LogP contribution is -2.31. The minimum absolute atomic E-state index is 0.185. The number of para-hydroxylation sites is 1. The second kappa shape index (κ2) is 5.38. The first-order valence-corrected chi connectivity index (χ1v) is 5.96. The Kier molecular flexibility index (Phi) is 3.86. The fourth-order valence-electron chi connectivity index (χ4n) is 2.39. The third kappa shape index (κ3) is 2.53. The molecule has 1 heterocycles. The van der Waals surface area contributed by atoms with E-state index in [0.717, 1.165) is 24.9 Å². The van der Waals surface area contributed by atoms with Gasteiger partial charge in [0.25, 0.3) is 0 Å². The number of aliphatic hydroxyl groups excluding tert-OH is 1. The highest BCUT2D eigenvalue weighted by molar-refractivity contribution is 5.45. The lowest BCUT2D eigenvalue weighted by molar-refractivity contribution is 0.152. The summed E-state index contributed by atoms with van der Waals surface area (Å²) in [6.07, 6.45) is 2.14. The first-order chi connectivity index (χ1) is 8.26. The molecule has 2 rings (SSSR count). The number of hydrogen-bond acceptors (Lipinski definition) is 4. The van der Waals surface area contributed by atoms with Gasteiger partial charge in [-0.3, -0.25) is 4.90 Å². The minimum Gasteiger partial charge on any atom is -0.504 e. The molecule has 0 unspecified atom stereocenters. The maximum atomic E-state index is 9.99. The van der Waals surface area contributed by atoms with Gasteiger partial charge in [0.15, 0.2) is 11.5 Å². The Morgan fingerprint density at radius 2 is 2.29 bits per heavy atom. The Hall–Kier alpha value is -1.26. The van der Waals surface area contributed by atoms with Gasteiger partial charge in [0.1, 0.15) is 0 Å². The van der Waals surface area contributed by atoms with Crippen LogP contribution in [-0.2, 0) is 6.54 Å². The topological polar surface area (TPSA) is 52.9 Å². The summed E-state index contributed by atoms with van der Waals surface area (Å²) in [5.41, 5.74) is 0.852. The van der Waals surface area contributed by atoms with Crippen LogP contribution in [0.3, 0.4) is 0 Å². The normalized spacial score (nSPS) is 20.7. The van der Waals surface area contributed by atoms with Crippen molar-refractivity contribution in [2.75, 3.05) is 20.3 Å². The molecule has 0 aliphatic carbocycles. The molecule has 0 amide bonds. The predicted molar refractivity (Wildman–Crippen MR) is 65.2 cm³/mol. The number of phenolic OH excluding ortho intramolecular Hbond substituents is 1. The molecule has 1 fully saturated rings. The van der Waals surface area contributed by atoms with Crippen LogP contribution in [-0.4, -0.2) is 41.4 Å². The van der Waals surface area contributed by atoms with Crippen molar-refractivity contribution < 1.29 is 14.9 Å². The van der Waals surface area contributed by atoms with Gasteiger partial charge in [-0.15, -0.1) is 0 Å². The van der Waals surface area contributed by atoms with Crippen molar-refractivity contribution in [1.29, 1.82) is 0 Å². The van der Waals surface area contributed by atoms with E-state index in [1.54, 1.807) is 13.2 Å². The SMILES string of the molecule is COc1cccc(CN2CCC[C@@H]2CO)c1O. The standard InChI is InChI=1S/C13H19NO3/c1-17-12-6-2-4-10(13(12)16)8-14-7-3-5-11(14)9-15/h2,4,6,11,15-16H,3,5,7-9H2,1H3/t11-/m1/s1. The quantitative estimate of drug-likeness (QED) is 0.830. The first kappa shape index (κ1) is 12.2. The van der Waals surface area contributed by atoms with E-state index >= 15 is 0 Å². The van der Waals surface area contributed by atoms with Gasteiger partial charge in [0.05, 0.1) is 13.7 Å². The number of ether oxygens (including phenoxy) is 1. The molecule has 0 aromatic heterocycles. The van der Waals surface area contributed by atoms with E-state index in [-0.39, 0.29) is 18.4 Å². The summed E-state index contributed by atoms with van der Waals surface area (Å²) in [6, 6.07) is 5.73. The smallest absolute Gasteiger partial charge is 0.162 e. The van der Waals surface area contributed by atoms with Crippen molar-refractivity contribution in [3.63, 3.8) is 0 Å². The van der Waals surface area contributed by atoms with E-state index < -0.39 is 0 Å². The second-order valence-corrected chi connectivity index (χ2v) is 4.42. The molecule has 1 aliphatic rings. The van der Waals surface area contributed by atoms with Crippen molar-refractivity contribution in [2.45, 2.75) is 25.4 Å². The van der Waals surface area contributed by atoms with Gasteiger partial charge in [-0.1, -0.05) is 12.1 Å². The van der Waals surface area contributed by atoms with Crippen molar-refractivity contribution in [1.82, 2.24) is 4.90 Å². The molecule has 17 heavy (non-hydrogen) atoms.